The van der Waals surface area contributed by atoms with Crippen molar-refractivity contribution in [2.24, 2.45) is 5.92 Å². The Bertz CT molecular complexity index is 137. The van der Waals surface area contributed by atoms with Gasteiger partial charge < -0.3 is 4.74 Å². The van der Waals surface area contributed by atoms with Gasteiger partial charge in [0.1, 0.15) is 0 Å². The van der Waals surface area contributed by atoms with E-state index in [1.54, 1.807) is 6.92 Å². The molecule has 0 N–H and O–H groups in total. The van der Waals surface area contributed by atoms with E-state index in [1.165, 1.54) is 38.5 Å². The molecule has 1 aliphatic rings. The molecular weight excluding hydrogens is 152 g/mol. The Kier molecular flexibility index (Phi) is 4.12. The summed E-state index contributed by atoms with van der Waals surface area (Å²) in [5.74, 6) is 0.447. The van der Waals surface area contributed by atoms with E-state index in [4.69, 9.17) is 4.74 Å². The minimum absolute atomic E-state index is 0.180. The predicted molar refractivity (Wildman–Crippen MR) is 47.5 cm³/mol. The van der Waals surface area contributed by atoms with Gasteiger partial charge >= 0.3 is 5.97 Å². The number of hydrogen-bond acceptors (Lipinski definition) is 2. The van der Waals surface area contributed by atoms with E-state index in [1.807, 2.05) is 0 Å². The fourth-order valence-corrected chi connectivity index (χ4v) is 1.64. The number of carbonyl (C=O) groups is 1. The molecule has 1 aliphatic carbocycles. The molecule has 0 aromatic rings. The molecule has 0 aliphatic heterocycles. The van der Waals surface area contributed by atoms with Crippen LogP contribution in [0.2, 0.25) is 0 Å². The van der Waals surface area contributed by atoms with Crippen LogP contribution in [0.3, 0.4) is 0 Å². The smallest absolute Gasteiger partial charge is 0.309 e. The summed E-state index contributed by atoms with van der Waals surface area (Å²) in [5.41, 5.74) is 0. The molecule has 2 heteroatoms. The van der Waals surface area contributed by atoms with Crippen molar-refractivity contribution in [1.82, 2.24) is 0 Å². The van der Waals surface area contributed by atoms with Crippen LogP contribution in [-0.4, -0.2) is 12.6 Å². The summed E-state index contributed by atoms with van der Waals surface area (Å²) < 4.78 is 5.04. The third-order valence-corrected chi connectivity index (χ3v) is 2.42. The van der Waals surface area contributed by atoms with Crippen molar-refractivity contribution in [3.8, 4) is 0 Å². The third kappa shape index (κ3) is 3.24. The molecule has 0 atom stereocenters. The summed E-state index contributed by atoms with van der Waals surface area (Å²) in [6, 6.07) is 0. The van der Waals surface area contributed by atoms with Crippen LogP contribution in [0.4, 0.5) is 0 Å². The fraction of sp³-hybridized carbons (Fsp3) is 0.800. The van der Waals surface area contributed by atoms with Gasteiger partial charge in [-0.1, -0.05) is 26.2 Å². The van der Waals surface area contributed by atoms with E-state index in [0.717, 1.165) is 0 Å². The lowest BCUT2D eigenvalue weighted by Gasteiger charge is -2.20. The lowest BCUT2D eigenvalue weighted by Crippen LogP contribution is -2.16. The van der Waals surface area contributed by atoms with Crippen LogP contribution in [0, 0.1) is 12.3 Å². The highest BCUT2D eigenvalue weighted by Crippen LogP contribution is 2.23. The Labute approximate surface area is 74.3 Å². The van der Waals surface area contributed by atoms with Crippen LogP contribution in [0.5, 0.6) is 0 Å². The van der Waals surface area contributed by atoms with Crippen molar-refractivity contribution < 1.29 is 9.53 Å². The van der Waals surface area contributed by atoms with E-state index >= 15 is 0 Å². The van der Waals surface area contributed by atoms with Gasteiger partial charge in [0.25, 0.3) is 0 Å². The second-order valence-corrected chi connectivity index (χ2v) is 3.42. The first-order chi connectivity index (χ1) is 5.83. The molecule has 0 unspecified atom stereocenters. The molecule has 0 aromatic heterocycles. The van der Waals surface area contributed by atoms with Crippen LogP contribution >= 0.6 is 0 Å². The highest BCUT2D eigenvalue weighted by Gasteiger charge is 2.14. The number of hydrogen-bond donors (Lipinski definition) is 0. The fourth-order valence-electron chi connectivity index (χ4n) is 1.64. The van der Waals surface area contributed by atoms with Gasteiger partial charge in [-0.05, 0) is 18.8 Å². The molecule has 1 saturated carbocycles. The molecular formula is C10H17O2. The second-order valence-electron chi connectivity index (χ2n) is 3.42. The maximum absolute atomic E-state index is 10.8. The maximum Gasteiger partial charge on any atom is 0.309 e. The Hall–Kier alpha value is -0.530. The molecule has 69 valence electrons. The highest BCUT2D eigenvalue weighted by molar-refractivity contribution is 5.78. The van der Waals surface area contributed by atoms with Crippen molar-refractivity contribution in [3.05, 3.63) is 6.42 Å². The van der Waals surface area contributed by atoms with Crippen molar-refractivity contribution in [2.45, 2.75) is 39.0 Å². The Balaban J connectivity index is 2.09. The number of esters is 1. The molecule has 0 saturated heterocycles. The first-order valence-corrected chi connectivity index (χ1v) is 4.79. The van der Waals surface area contributed by atoms with Crippen LogP contribution in [0.15, 0.2) is 0 Å². The molecule has 0 amide bonds. The second kappa shape index (κ2) is 5.18. The summed E-state index contributed by atoms with van der Waals surface area (Å²) in [5, 5.41) is 0. The summed E-state index contributed by atoms with van der Waals surface area (Å²) >= 11 is 0. The zero-order valence-electron chi connectivity index (χ0n) is 7.71. The average Bonchev–Trinajstić information content (AvgIpc) is 2.16. The number of carbonyl (C=O) groups excluding carboxylic acids is 1. The molecule has 0 aromatic carbocycles. The molecule has 0 heterocycles. The summed E-state index contributed by atoms with van der Waals surface area (Å²) in [7, 11) is 0. The number of ether oxygens (including phenoxy) is 1. The van der Waals surface area contributed by atoms with E-state index in [-0.39, 0.29) is 5.97 Å². The lowest BCUT2D eigenvalue weighted by atomic mass is 9.90. The first kappa shape index (κ1) is 9.56. The van der Waals surface area contributed by atoms with Crippen molar-refractivity contribution in [2.75, 3.05) is 6.61 Å². The van der Waals surface area contributed by atoms with Gasteiger partial charge in [-0.3, -0.25) is 4.79 Å². The van der Waals surface area contributed by atoms with Crippen LogP contribution in [0.25, 0.3) is 0 Å². The Morgan fingerprint density at radius 3 is 2.67 bits per heavy atom. The topological polar surface area (TPSA) is 26.3 Å². The van der Waals surface area contributed by atoms with Gasteiger partial charge in [0.2, 0.25) is 0 Å². The average molecular weight is 169 g/mol. The zero-order chi connectivity index (χ0) is 8.81. The molecule has 0 spiro atoms. The third-order valence-electron chi connectivity index (χ3n) is 2.42. The van der Waals surface area contributed by atoms with Gasteiger partial charge in [-0.25, -0.2) is 0 Å². The predicted octanol–water partition coefficient (Wildman–Crippen LogP) is 2.33. The summed E-state index contributed by atoms with van der Waals surface area (Å²) in [4.78, 5) is 10.8. The van der Waals surface area contributed by atoms with Gasteiger partial charge in [-0.2, -0.15) is 0 Å². The van der Waals surface area contributed by atoms with Crippen molar-refractivity contribution in [3.63, 3.8) is 0 Å². The van der Waals surface area contributed by atoms with Crippen molar-refractivity contribution in [1.29, 1.82) is 0 Å². The quantitative estimate of drug-likeness (QED) is 0.606. The molecule has 1 radical (unpaired) electrons. The van der Waals surface area contributed by atoms with Gasteiger partial charge in [0.05, 0.1) is 13.0 Å². The Morgan fingerprint density at radius 2 is 2.08 bits per heavy atom. The van der Waals surface area contributed by atoms with Gasteiger partial charge in [0, 0.05) is 0 Å². The zero-order valence-corrected chi connectivity index (χ0v) is 7.71. The summed E-state index contributed by atoms with van der Waals surface area (Å²) in [6.45, 7) is 2.34. The normalized spacial score (nSPS) is 19.1. The highest BCUT2D eigenvalue weighted by atomic mass is 16.5. The van der Waals surface area contributed by atoms with Crippen LogP contribution < -0.4 is 0 Å². The maximum atomic E-state index is 10.8. The largest absolute Gasteiger partial charge is 0.465 e. The van der Waals surface area contributed by atoms with E-state index < -0.39 is 0 Å². The number of rotatable bonds is 3. The van der Waals surface area contributed by atoms with E-state index in [9.17, 15) is 4.79 Å². The molecule has 1 fully saturated rings. The van der Waals surface area contributed by atoms with E-state index in [2.05, 4.69) is 0 Å². The molecule has 1 rings (SSSR count). The Morgan fingerprint density at radius 1 is 1.42 bits per heavy atom. The van der Waals surface area contributed by atoms with E-state index in [0.29, 0.717) is 12.5 Å². The summed E-state index contributed by atoms with van der Waals surface area (Å²) in [6.07, 6.45) is 7.90. The monoisotopic (exact) mass is 169 g/mol. The van der Waals surface area contributed by atoms with Crippen LogP contribution in [-0.2, 0) is 9.53 Å². The molecule has 2 nitrogen and oxygen atoms in total. The van der Waals surface area contributed by atoms with Gasteiger partial charge in [-0.15, -0.1) is 0 Å². The lowest BCUT2D eigenvalue weighted by molar-refractivity contribution is -0.141. The molecule has 0 bridgehead atoms. The SMILES string of the molecule is C[CH]C(=O)OCC1CCCCC1. The van der Waals surface area contributed by atoms with Crippen molar-refractivity contribution >= 4 is 5.97 Å². The minimum atomic E-state index is -0.180. The first-order valence-electron chi connectivity index (χ1n) is 4.79. The van der Waals surface area contributed by atoms with Crippen LogP contribution in [0.1, 0.15) is 39.0 Å². The standard InChI is InChI=1S/C10H17O2/c1-2-10(11)12-8-9-6-4-3-5-7-9/h2,9H,3-8H2,1H3. The van der Waals surface area contributed by atoms with Gasteiger partial charge in [0.15, 0.2) is 0 Å². The minimum Gasteiger partial charge on any atom is -0.465 e. The molecule has 12 heavy (non-hydrogen) atoms.